The summed E-state index contributed by atoms with van der Waals surface area (Å²) in [7, 11) is 1.99. The number of aryl methyl sites for hydroxylation is 2. The number of aliphatic hydroxyl groups excluding tert-OH is 1. The van der Waals surface area contributed by atoms with Gasteiger partial charge < -0.3 is 9.67 Å². The van der Waals surface area contributed by atoms with Crippen molar-refractivity contribution < 1.29 is 5.11 Å². The molecule has 0 radical (unpaired) electrons. The summed E-state index contributed by atoms with van der Waals surface area (Å²) in [4.78, 5) is 5.58. The Morgan fingerprint density at radius 3 is 2.80 bits per heavy atom. The van der Waals surface area contributed by atoms with Crippen LogP contribution in [-0.4, -0.2) is 14.7 Å². The zero-order valence-corrected chi connectivity index (χ0v) is 13.7. The number of imidazole rings is 1. The lowest BCUT2D eigenvalue weighted by atomic mass is 10.2. The van der Waals surface area contributed by atoms with Crippen LogP contribution in [0.25, 0.3) is 11.0 Å². The average molecular weight is 351 g/mol. The Morgan fingerprint density at radius 1 is 1.40 bits per heavy atom. The van der Waals surface area contributed by atoms with Gasteiger partial charge in [-0.3, -0.25) is 0 Å². The van der Waals surface area contributed by atoms with E-state index in [1.54, 1.807) is 11.3 Å². The number of nitrogens with zero attached hydrogens (tertiary/aromatic N) is 2. The lowest BCUT2D eigenvalue weighted by Crippen LogP contribution is -2.05. The molecule has 3 aromatic rings. The van der Waals surface area contributed by atoms with Gasteiger partial charge >= 0.3 is 0 Å². The number of thiophene rings is 1. The van der Waals surface area contributed by atoms with Gasteiger partial charge in [-0.25, -0.2) is 4.98 Å². The third kappa shape index (κ3) is 2.41. The molecule has 3 nitrogen and oxygen atoms in total. The van der Waals surface area contributed by atoms with Crippen LogP contribution in [0.1, 0.15) is 22.4 Å². The minimum Gasteiger partial charge on any atom is -0.387 e. The molecule has 5 heteroatoms. The highest BCUT2D eigenvalue weighted by Crippen LogP contribution is 2.32. The Balaban J connectivity index is 1.91. The molecular formula is C15H15BrN2OS. The fourth-order valence-corrected chi connectivity index (χ4v) is 3.86. The highest BCUT2D eigenvalue weighted by Gasteiger charge is 2.16. The van der Waals surface area contributed by atoms with Gasteiger partial charge in [0.15, 0.2) is 0 Å². The second-order valence-corrected chi connectivity index (χ2v) is 7.30. The number of fused-ring (bicyclic) bond motifs is 1. The van der Waals surface area contributed by atoms with Crippen molar-refractivity contribution >= 4 is 38.3 Å². The lowest BCUT2D eigenvalue weighted by molar-refractivity contribution is 0.179. The zero-order valence-electron chi connectivity index (χ0n) is 11.3. The average Bonchev–Trinajstić information content (AvgIpc) is 2.92. The van der Waals surface area contributed by atoms with Crippen molar-refractivity contribution in [1.82, 2.24) is 9.55 Å². The number of benzene rings is 1. The molecule has 0 fully saturated rings. The standard InChI is InChI=1S/C15H15BrN2OS/c1-9-7-13(20-15(9)16)12(19)8-14-17-10-5-3-4-6-11(10)18(14)2/h3-7,12,19H,8H2,1-2H3. The first kappa shape index (κ1) is 13.8. The molecule has 0 saturated heterocycles. The molecular weight excluding hydrogens is 336 g/mol. The van der Waals surface area contributed by atoms with Crippen molar-refractivity contribution in [2.75, 3.05) is 0 Å². The van der Waals surface area contributed by atoms with Crippen LogP contribution in [0.5, 0.6) is 0 Å². The molecule has 0 bridgehead atoms. The smallest absolute Gasteiger partial charge is 0.112 e. The maximum Gasteiger partial charge on any atom is 0.112 e. The van der Waals surface area contributed by atoms with E-state index in [0.717, 1.165) is 31.1 Å². The summed E-state index contributed by atoms with van der Waals surface area (Å²) in [5, 5.41) is 10.4. The number of halogens is 1. The Kier molecular flexibility index (Phi) is 3.67. The number of hydrogen-bond acceptors (Lipinski definition) is 3. The van der Waals surface area contributed by atoms with Crippen LogP contribution in [-0.2, 0) is 13.5 Å². The van der Waals surface area contributed by atoms with Crippen molar-refractivity contribution in [2.24, 2.45) is 7.05 Å². The Hall–Kier alpha value is -1.17. The Bertz CT molecular complexity index is 743. The molecule has 0 amide bonds. The van der Waals surface area contributed by atoms with Crippen LogP contribution in [0, 0.1) is 6.92 Å². The van der Waals surface area contributed by atoms with E-state index in [-0.39, 0.29) is 0 Å². The first-order valence-electron chi connectivity index (χ1n) is 6.40. The van der Waals surface area contributed by atoms with Crippen molar-refractivity contribution in [3.8, 4) is 0 Å². The Morgan fingerprint density at radius 2 is 2.15 bits per heavy atom. The predicted octanol–water partition coefficient (Wildman–Crippen LogP) is 3.98. The number of hydrogen-bond donors (Lipinski definition) is 1. The van der Waals surface area contributed by atoms with Crippen molar-refractivity contribution in [2.45, 2.75) is 19.4 Å². The molecule has 0 spiro atoms. The highest BCUT2D eigenvalue weighted by atomic mass is 79.9. The molecule has 0 aliphatic carbocycles. The molecule has 2 aromatic heterocycles. The fourth-order valence-electron chi connectivity index (χ4n) is 2.30. The quantitative estimate of drug-likeness (QED) is 0.775. The van der Waals surface area contributed by atoms with E-state index in [9.17, 15) is 5.11 Å². The van der Waals surface area contributed by atoms with Gasteiger partial charge in [0.25, 0.3) is 0 Å². The van der Waals surface area contributed by atoms with E-state index in [4.69, 9.17) is 0 Å². The summed E-state index contributed by atoms with van der Waals surface area (Å²) in [5.41, 5.74) is 3.23. The monoisotopic (exact) mass is 350 g/mol. The van der Waals surface area contributed by atoms with Crippen LogP contribution < -0.4 is 0 Å². The fraction of sp³-hybridized carbons (Fsp3) is 0.267. The van der Waals surface area contributed by atoms with Crippen LogP contribution in [0.4, 0.5) is 0 Å². The van der Waals surface area contributed by atoms with Gasteiger partial charge in [0.05, 0.1) is 20.9 Å². The molecule has 20 heavy (non-hydrogen) atoms. The Labute approximate surface area is 130 Å². The zero-order chi connectivity index (χ0) is 14.3. The molecule has 1 N–H and O–H groups in total. The first-order valence-corrected chi connectivity index (χ1v) is 8.01. The van der Waals surface area contributed by atoms with E-state index in [2.05, 4.69) is 20.9 Å². The molecule has 104 valence electrons. The second-order valence-electron chi connectivity index (χ2n) is 4.90. The SMILES string of the molecule is Cc1cc(C(O)Cc2nc3ccccc3n2C)sc1Br. The summed E-state index contributed by atoms with van der Waals surface area (Å²) in [5.74, 6) is 0.904. The molecule has 3 rings (SSSR count). The van der Waals surface area contributed by atoms with Gasteiger partial charge in [0.2, 0.25) is 0 Å². The summed E-state index contributed by atoms with van der Waals surface area (Å²) in [6.07, 6.45) is 0.0120. The normalized spacial score (nSPS) is 13.0. The van der Waals surface area contributed by atoms with Crippen molar-refractivity contribution in [3.63, 3.8) is 0 Å². The predicted molar refractivity (Wildman–Crippen MR) is 86.1 cm³/mol. The molecule has 0 saturated carbocycles. The molecule has 2 heterocycles. The number of rotatable bonds is 3. The van der Waals surface area contributed by atoms with E-state index in [0.29, 0.717) is 6.42 Å². The summed E-state index contributed by atoms with van der Waals surface area (Å²) in [6.45, 7) is 2.03. The number of aliphatic hydroxyl groups is 1. The number of aromatic nitrogens is 2. The minimum atomic E-state index is -0.513. The third-order valence-electron chi connectivity index (χ3n) is 3.46. The summed E-state index contributed by atoms with van der Waals surface area (Å²) < 4.78 is 3.13. The molecule has 0 aliphatic heterocycles. The van der Waals surface area contributed by atoms with Gasteiger partial charge in [0, 0.05) is 18.3 Å². The van der Waals surface area contributed by atoms with Gasteiger partial charge in [-0.05, 0) is 46.6 Å². The maximum atomic E-state index is 10.4. The highest BCUT2D eigenvalue weighted by molar-refractivity contribution is 9.11. The minimum absolute atomic E-state index is 0.513. The van der Waals surface area contributed by atoms with E-state index < -0.39 is 6.10 Å². The van der Waals surface area contributed by atoms with Crippen LogP contribution in [0.2, 0.25) is 0 Å². The van der Waals surface area contributed by atoms with Crippen LogP contribution >= 0.6 is 27.3 Å². The van der Waals surface area contributed by atoms with E-state index in [1.807, 2.05) is 48.9 Å². The second kappa shape index (κ2) is 5.31. The van der Waals surface area contributed by atoms with Crippen molar-refractivity contribution in [3.05, 3.63) is 50.4 Å². The first-order chi connectivity index (χ1) is 9.56. The summed E-state index contributed by atoms with van der Waals surface area (Å²) >= 11 is 5.08. The summed E-state index contributed by atoms with van der Waals surface area (Å²) in [6, 6.07) is 10.1. The molecule has 1 unspecified atom stereocenters. The van der Waals surface area contributed by atoms with Crippen LogP contribution in [0.15, 0.2) is 34.1 Å². The molecule has 0 aliphatic rings. The maximum absolute atomic E-state index is 10.4. The molecule has 1 aromatic carbocycles. The molecule has 1 atom stereocenters. The third-order valence-corrected chi connectivity index (χ3v) is 5.70. The van der Waals surface area contributed by atoms with Crippen molar-refractivity contribution in [1.29, 1.82) is 0 Å². The number of para-hydroxylation sites is 2. The van der Waals surface area contributed by atoms with E-state index >= 15 is 0 Å². The van der Waals surface area contributed by atoms with E-state index in [1.165, 1.54) is 0 Å². The van der Waals surface area contributed by atoms with Crippen LogP contribution in [0.3, 0.4) is 0 Å². The van der Waals surface area contributed by atoms with Gasteiger partial charge in [-0.15, -0.1) is 11.3 Å². The lowest BCUT2D eigenvalue weighted by Gasteiger charge is -2.08. The van der Waals surface area contributed by atoms with Gasteiger partial charge in [-0.2, -0.15) is 0 Å². The topological polar surface area (TPSA) is 38.1 Å². The van der Waals surface area contributed by atoms with Gasteiger partial charge in [0.1, 0.15) is 5.82 Å². The van der Waals surface area contributed by atoms with Gasteiger partial charge in [-0.1, -0.05) is 12.1 Å². The largest absolute Gasteiger partial charge is 0.387 e.